The number of benzene rings is 1. The van der Waals surface area contributed by atoms with Gasteiger partial charge in [0.25, 0.3) is 0 Å². The maximum Gasteiger partial charge on any atom is 0.220 e. The molecule has 1 amide bonds. The van der Waals surface area contributed by atoms with Crippen molar-refractivity contribution in [1.82, 2.24) is 5.32 Å². The van der Waals surface area contributed by atoms with Gasteiger partial charge >= 0.3 is 0 Å². The molecular weight excluding hydrogens is 260 g/mol. The number of hydrogen-bond donors (Lipinski definition) is 2. The molecule has 2 atom stereocenters. The summed E-state index contributed by atoms with van der Waals surface area (Å²) in [5.41, 5.74) is 9.42. The average Bonchev–Trinajstić information content (AvgIpc) is 2.36. The zero-order chi connectivity index (χ0) is 16.0. The van der Waals surface area contributed by atoms with Crippen molar-refractivity contribution in [1.29, 1.82) is 0 Å². The second-order valence-electron chi connectivity index (χ2n) is 6.58. The first kappa shape index (κ1) is 17.7. The normalized spacial score (nSPS) is 14.0. The Hall–Kier alpha value is -1.35. The predicted octanol–water partition coefficient (Wildman–Crippen LogP) is 3.49. The number of carbonyl (C=O) groups excluding carboxylic acids is 1. The first-order valence-electron chi connectivity index (χ1n) is 7.90. The van der Waals surface area contributed by atoms with Crippen molar-refractivity contribution in [2.24, 2.45) is 17.6 Å². The van der Waals surface area contributed by atoms with E-state index in [2.05, 4.69) is 51.2 Å². The van der Waals surface area contributed by atoms with Gasteiger partial charge in [0, 0.05) is 6.42 Å². The molecule has 0 aliphatic carbocycles. The van der Waals surface area contributed by atoms with Crippen molar-refractivity contribution in [2.45, 2.75) is 53.5 Å². The molecule has 1 rings (SSSR count). The highest BCUT2D eigenvalue weighted by atomic mass is 16.1. The molecule has 2 unspecified atom stereocenters. The van der Waals surface area contributed by atoms with Gasteiger partial charge < -0.3 is 11.1 Å². The van der Waals surface area contributed by atoms with Crippen LogP contribution in [0.25, 0.3) is 0 Å². The second kappa shape index (κ2) is 8.18. The summed E-state index contributed by atoms with van der Waals surface area (Å²) in [6.07, 6.45) is 1.52. The van der Waals surface area contributed by atoms with Crippen molar-refractivity contribution in [2.75, 3.05) is 6.54 Å². The minimum absolute atomic E-state index is 0.0376. The Kier molecular flexibility index (Phi) is 6.90. The van der Waals surface area contributed by atoms with Crippen LogP contribution in [-0.4, -0.2) is 12.5 Å². The molecule has 0 fully saturated rings. The zero-order valence-electron chi connectivity index (χ0n) is 14.1. The molecule has 3 nitrogen and oxygen atoms in total. The summed E-state index contributed by atoms with van der Waals surface area (Å²) < 4.78 is 0. The lowest BCUT2D eigenvalue weighted by molar-refractivity contribution is -0.122. The largest absolute Gasteiger partial charge is 0.350 e. The van der Waals surface area contributed by atoms with Crippen molar-refractivity contribution < 1.29 is 4.79 Å². The van der Waals surface area contributed by atoms with E-state index in [-0.39, 0.29) is 17.9 Å². The Labute approximate surface area is 129 Å². The summed E-state index contributed by atoms with van der Waals surface area (Å²) in [7, 11) is 0. The number of carbonyl (C=O) groups is 1. The molecule has 0 aliphatic heterocycles. The zero-order valence-corrected chi connectivity index (χ0v) is 14.1. The maximum atomic E-state index is 12.2. The molecule has 3 N–H and O–H groups in total. The highest BCUT2D eigenvalue weighted by Crippen LogP contribution is 2.20. The molecule has 3 heteroatoms. The summed E-state index contributed by atoms with van der Waals surface area (Å²) in [5.74, 6) is 0.943. The van der Waals surface area contributed by atoms with Gasteiger partial charge in [-0.1, -0.05) is 37.6 Å². The molecule has 1 aromatic rings. The summed E-state index contributed by atoms with van der Waals surface area (Å²) in [6.45, 7) is 11.1. The van der Waals surface area contributed by atoms with Gasteiger partial charge in [-0.25, -0.2) is 0 Å². The molecule has 0 spiro atoms. The highest BCUT2D eigenvalue weighted by molar-refractivity contribution is 5.76. The van der Waals surface area contributed by atoms with Crippen LogP contribution in [0.4, 0.5) is 0 Å². The number of amides is 1. The van der Waals surface area contributed by atoms with E-state index >= 15 is 0 Å². The van der Waals surface area contributed by atoms with E-state index in [1.165, 1.54) is 16.7 Å². The topological polar surface area (TPSA) is 55.1 Å². The Balaban J connectivity index is 2.61. The van der Waals surface area contributed by atoms with Crippen molar-refractivity contribution in [3.8, 4) is 0 Å². The Morgan fingerprint density at radius 1 is 1.24 bits per heavy atom. The van der Waals surface area contributed by atoms with Gasteiger partial charge in [-0.3, -0.25) is 4.79 Å². The number of rotatable bonds is 7. The van der Waals surface area contributed by atoms with Crippen LogP contribution in [0.5, 0.6) is 0 Å². The maximum absolute atomic E-state index is 12.2. The number of aryl methyl sites for hydroxylation is 2. The van der Waals surface area contributed by atoms with Crippen LogP contribution < -0.4 is 11.1 Å². The fraction of sp³-hybridized carbons (Fsp3) is 0.611. The third-order valence-corrected chi connectivity index (χ3v) is 3.88. The third kappa shape index (κ3) is 5.88. The van der Waals surface area contributed by atoms with Crippen molar-refractivity contribution in [3.63, 3.8) is 0 Å². The van der Waals surface area contributed by atoms with Gasteiger partial charge in [0.1, 0.15) is 0 Å². The van der Waals surface area contributed by atoms with Crippen LogP contribution in [0.3, 0.4) is 0 Å². The molecule has 0 saturated heterocycles. The van der Waals surface area contributed by atoms with Gasteiger partial charge in [-0.2, -0.15) is 0 Å². The quantitative estimate of drug-likeness (QED) is 0.807. The van der Waals surface area contributed by atoms with Gasteiger partial charge in [-0.15, -0.1) is 0 Å². The molecule has 118 valence electrons. The lowest BCUT2D eigenvalue weighted by Crippen LogP contribution is -2.31. The molecule has 1 aromatic carbocycles. The lowest BCUT2D eigenvalue weighted by atomic mass is 9.93. The van der Waals surface area contributed by atoms with E-state index in [9.17, 15) is 4.79 Å². The Morgan fingerprint density at radius 2 is 1.90 bits per heavy atom. The predicted molar refractivity (Wildman–Crippen MR) is 89.1 cm³/mol. The van der Waals surface area contributed by atoms with Crippen LogP contribution in [0.1, 0.15) is 56.3 Å². The van der Waals surface area contributed by atoms with Gasteiger partial charge in [-0.05, 0) is 56.7 Å². The van der Waals surface area contributed by atoms with Crippen LogP contribution in [-0.2, 0) is 4.79 Å². The van der Waals surface area contributed by atoms with E-state index in [1.54, 1.807) is 0 Å². The van der Waals surface area contributed by atoms with Gasteiger partial charge in [0.2, 0.25) is 5.91 Å². The van der Waals surface area contributed by atoms with Crippen LogP contribution in [0.2, 0.25) is 0 Å². The summed E-state index contributed by atoms with van der Waals surface area (Å²) >= 11 is 0. The lowest BCUT2D eigenvalue weighted by Gasteiger charge is -2.20. The van der Waals surface area contributed by atoms with E-state index in [4.69, 9.17) is 5.73 Å². The fourth-order valence-corrected chi connectivity index (χ4v) is 2.88. The van der Waals surface area contributed by atoms with Crippen molar-refractivity contribution >= 4 is 5.91 Å². The average molecular weight is 290 g/mol. The first-order valence-corrected chi connectivity index (χ1v) is 7.90. The number of nitrogens with two attached hydrogens (primary N) is 1. The van der Waals surface area contributed by atoms with Gasteiger partial charge in [0.15, 0.2) is 0 Å². The molecule has 0 saturated carbocycles. The molecule has 21 heavy (non-hydrogen) atoms. The van der Waals surface area contributed by atoms with Crippen LogP contribution in [0.15, 0.2) is 18.2 Å². The number of hydrogen-bond acceptors (Lipinski definition) is 2. The monoisotopic (exact) mass is 290 g/mol. The van der Waals surface area contributed by atoms with E-state index < -0.39 is 0 Å². The van der Waals surface area contributed by atoms with E-state index in [0.29, 0.717) is 18.9 Å². The number of nitrogens with one attached hydrogen (secondary N) is 1. The molecular formula is C18H30N2O. The highest BCUT2D eigenvalue weighted by Gasteiger charge is 2.17. The van der Waals surface area contributed by atoms with Crippen LogP contribution >= 0.6 is 0 Å². The van der Waals surface area contributed by atoms with E-state index in [1.807, 2.05) is 6.92 Å². The standard InChI is InChI=1S/C18H30N2O/c1-12(2)8-16(11-19)10-18(21)20-15(5)17-7-6-13(3)9-14(17)4/h6-7,9,12,15-16H,8,10-11,19H2,1-5H3,(H,20,21). The summed E-state index contributed by atoms with van der Waals surface area (Å²) in [5, 5.41) is 3.10. The third-order valence-electron chi connectivity index (χ3n) is 3.88. The Morgan fingerprint density at radius 3 is 2.43 bits per heavy atom. The summed E-state index contributed by atoms with van der Waals surface area (Å²) in [4.78, 5) is 12.2. The summed E-state index contributed by atoms with van der Waals surface area (Å²) in [6, 6.07) is 6.38. The molecule has 0 heterocycles. The van der Waals surface area contributed by atoms with Crippen LogP contribution in [0, 0.1) is 25.7 Å². The Bertz CT molecular complexity index is 468. The fourth-order valence-electron chi connectivity index (χ4n) is 2.88. The van der Waals surface area contributed by atoms with E-state index in [0.717, 1.165) is 6.42 Å². The molecule has 0 aliphatic rings. The molecule has 0 radical (unpaired) electrons. The second-order valence-corrected chi connectivity index (χ2v) is 6.58. The molecule has 0 aromatic heterocycles. The first-order chi connectivity index (χ1) is 9.83. The van der Waals surface area contributed by atoms with Gasteiger partial charge in [0.05, 0.1) is 6.04 Å². The SMILES string of the molecule is Cc1ccc(C(C)NC(=O)CC(CN)CC(C)C)c(C)c1. The minimum atomic E-state index is 0.0376. The minimum Gasteiger partial charge on any atom is -0.350 e. The molecule has 0 bridgehead atoms. The van der Waals surface area contributed by atoms with Crippen molar-refractivity contribution in [3.05, 3.63) is 34.9 Å². The smallest absolute Gasteiger partial charge is 0.220 e.